The van der Waals surface area contributed by atoms with E-state index < -0.39 is 5.41 Å². The Labute approximate surface area is 221 Å². The van der Waals surface area contributed by atoms with E-state index in [1.54, 1.807) is 32.2 Å². The maximum Gasteiger partial charge on any atom is 0.256 e. The Morgan fingerprint density at radius 2 is 1.76 bits per heavy atom. The normalized spacial score (nSPS) is 11.1. The Bertz CT molecular complexity index is 1480. The number of pyridine rings is 2. The zero-order chi connectivity index (χ0) is 27.3. The molecule has 9 nitrogen and oxygen atoms in total. The highest BCUT2D eigenvalue weighted by Crippen LogP contribution is 2.27. The van der Waals surface area contributed by atoms with Crippen molar-refractivity contribution in [3.8, 4) is 17.0 Å². The van der Waals surface area contributed by atoms with Gasteiger partial charge in [-0.3, -0.25) is 20.0 Å². The third-order valence-corrected chi connectivity index (χ3v) is 5.92. The van der Waals surface area contributed by atoms with Crippen molar-refractivity contribution in [1.82, 2.24) is 15.3 Å². The molecule has 2 amide bonds. The number of benzene rings is 2. The average molecular weight is 511 g/mol. The molecule has 0 aliphatic rings. The molecule has 4 rings (SSSR count). The fraction of sp³-hybridized carbons (Fsp3) is 0.207. The van der Waals surface area contributed by atoms with Crippen molar-refractivity contribution in [2.75, 3.05) is 18.5 Å². The molecule has 0 unspecified atom stereocenters. The van der Waals surface area contributed by atoms with E-state index in [1.165, 1.54) is 0 Å². The maximum absolute atomic E-state index is 13.0. The van der Waals surface area contributed by atoms with E-state index in [2.05, 4.69) is 20.6 Å². The molecular weight excluding hydrogens is 480 g/mol. The van der Waals surface area contributed by atoms with Crippen LogP contribution < -0.4 is 21.1 Å². The highest BCUT2D eigenvalue weighted by molar-refractivity contribution is 6.12. The molecule has 9 heteroatoms. The van der Waals surface area contributed by atoms with Gasteiger partial charge in [0.1, 0.15) is 12.4 Å². The molecule has 2 heterocycles. The van der Waals surface area contributed by atoms with E-state index in [-0.39, 0.29) is 30.8 Å². The number of carbonyl (C=O) groups excluding carboxylic acids is 2. The summed E-state index contributed by atoms with van der Waals surface area (Å²) in [5, 5.41) is 13.6. The highest BCUT2D eigenvalue weighted by atomic mass is 16.5. The number of para-hydroxylation sites is 1. The minimum Gasteiger partial charge on any atom is -0.477 e. The minimum atomic E-state index is -0.831. The summed E-state index contributed by atoms with van der Waals surface area (Å²) < 4.78 is 5.75. The number of fused-ring (bicyclic) bond motifs is 1. The quantitative estimate of drug-likeness (QED) is 0.195. The second-order valence-corrected chi connectivity index (χ2v) is 9.63. The molecule has 5 N–H and O–H groups in total. The molecule has 4 aromatic rings. The second kappa shape index (κ2) is 11.1. The zero-order valence-corrected chi connectivity index (χ0v) is 21.5. The summed E-state index contributed by atoms with van der Waals surface area (Å²) in [4.78, 5) is 34.4. The first kappa shape index (κ1) is 26.3. The topological polar surface area (TPSA) is 143 Å². The Morgan fingerprint density at radius 1 is 1.03 bits per heavy atom. The van der Waals surface area contributed by atoms with E-state index in [4.69, 9.17) is 15.9 Å². The summed E-state index contributed by atoms with van der Waals surface area (Å²) in [6, 6.07) is 20.5. The Morgan fingerprint density at radius 3 is 2.45 bits per heavy atom. The first-order chi connectivity index (χ1) is 18.1. The van der Waals surface area contributed by atoms with Crippen molar-refractivity contribution in [1.29, 1.82) is 5.41 Å². The number of hydrogen-bond donors (Lipinski definition) is 4. The van der Waals surface area contributed by atoms with Gasteiger partial charge in [0, 0.05) is 34.6 Å². The van der Waals surface area contributed by atoms with E-state index in [0.717, 1.165) is 27.9 Å². The molecule has 0 aliphatic heterocycles. The van der Waals surface area contributed by atoms with Crippen molar-refractivity contribution >= 4 is 34.2 Å². The van der Waals surface area contributed by atoms with Crippen LogP contribution in [0.25, 0.3) is 22.0 Å². The van der Waals surface area contributed by atoms with Gasteiger partial charge in [-0.25, -0.2) is 4.98 Å². The van der Waals surface area contributed by atoms with Crippen molar-refractivity contribution in [2.24, 2.45) is 11.1 Å². The number of nitrogens with zero attached hydrogens (tertiary/aromatic N) is 2. The Kier molecular flexibility index (Phi) is 7.66. The van der Waals surface area contributed by atoms with E-state index in [9.17, 15) is 9.59 Å². The third-order valence-electron chi connectivity index (χ3n) is 5.92. The van der Waals surface area contributed by atoms with Crippen LogP contribution >= 0.6 is 0 Å². The molecule has 2 aromatic heterocycles. The van der Waals surface area contributed by atoms with E-state index in [1.807, 2.05) is 61.5 Å². The molecule has 0 saturated heterocycles. The summed E-state index contributed by atoms with van der Waals surface area (Å²) in [6.07, 6.45) is 1.69. The fourth-order valence-electron chi connectivity index (χ4n) is 3.82. The van der Waals surface area contributed by atoms with Gasteiger partial charge in [-0.05, 0) is 56.7 Å². The van der Waals surface area contributed by atoms with E-state index >= 15 is 0 Å². The molecule has 0 aliphatic carbocycles. The first-order valence-electron chi connectivity index (χ1n) is 12.1. The van der Waals surface area contributed by atoms with Crippen molar-refractivity contribution in [2.45, 2.75) is 20.8 Å². The van der Waals surface area contributed by atoms with Gasteiger partial charge < -0.3 is 21.1 Å². The maximum atomic E-state index is 13.0. The lowest BCUT2D eigenvalue weighted by Crippen LogP contribution is -2.43. The van der Waals surface area contributed by atoms with Crippen LogP contribution in [0.5, 0.6) is 5.88 Å². The van der Waals surface area contributed by atoms with Gasteiger partial charge in [0.05, 0.1) is 23.0 Å². The predicted octanol–water partition coefficient (Wildman–Crippen LogP) is 4.31. The number of amidine groups is 1. The van der Waals surface area contributed by atoms with Crippen LogP contribution in [0.1, 0.15) is 29.9 Å². The lowest BCUT2D eigenvalue weighted by atomic mass is 9.93. The monoisotopic (exact) mass is 510 g/mol. The minimum absolute atomic E-state index is 0.00541. The number of carbonyl (C=O) groups is 2. The number of anilines is 1. The van der Waals surface area contributed by atoms with Gasteiger partial charge in [0.25, 0.3) is 5.91 Å². The number of nitrogens with one attached hydrogen (secondary N) is 3. The smallest absolute Gasteiger partial charge is 0.256 e. The van der Waals surface area contributed by atoms with Crippen LogP contribution in [0.15, 0.2) is 72.9 Å². The number of aryl methyl sites for hydroxylation is 1. The average Bonchev–Trinajstić information content (AvgIpc) is 2.90. The highest BCUT2D eigenvalue weighted by Gasteiger charge is 2.28. The van der Waals surface area contributed by atoms with Crippen LogP contribution in [0, 0.1) is 17.7 Å². The molecule has 0 fully saturated rings. The molecule has 38 heavy (non-hydrogen) atoms. The van der Waals surface area contributed by atoms with Crippen LogP contribution in [0.3, 0.4) is 0 Å². The second-order valence-electron chi connectivity index (χ2n) is 9.63. The van der Waals surface area contributed by atoms with Crippen molar-refractivity contribution < 1.29 is 14.3 Å². The Hall–Kier alpha value is -4.79. The van der Waals surface area contributed by atoms with Crippen LogP contribution in [-0.2, 0) is 4.79 Å². The largest absolute Gasteiger partial charge is 0.477 e. The molecule has 0 bridgehead atoms. The lowest BCUT2D eigenvalue weighted by molar-refractivity contribution is -0.130. The van der Waals surface area contributed by atoms with Gasteiger partial charge in [0.15, 0.2) is 0 Å². The molecule has 194 valence electrons. The molecule has 0 spiro atoms. The third kappa shape index (κ3) is 6.31. The fourth-order valence-corrected chi connectivity index (χ4v) is 3.82. The SMILES string of the molecule is Cc1cc(C(=O)Nc2ccccc2)c2ccc(-c3ccc(OCC(C)(C)C(=O)NCC(=N)N)nc3)cc2n1. The summed E-state index contributed by atoms with van der Waals surface area (Å²) in [6.45, 7) is 5.45. The van der Waals surface area contributed by atoms with Crippen molar-refractivity contribution in [3.63, 3.8) is 0 Å². The first-order valence-corrected chi connectivity index (χ1v) is 12.1. The number of ether oxygens (including phenoxy) is 1. The molecule has 0 atom stereocenters. The molecule has 0 radical (unpaired) electrons. The summed E-state index contributed by atoms with van der Waals surface area (Å²) >= 11 is 0. The molecule has 2 aromatic carbocycles. The number of rotatable bonds is 9. The standard InChI is InChI=1S/C29H30N6O3/c1-18-13-23(27(36)35-21-7-5-4-6-8-21)22-11-9-19(14-24(22)34-18)20-10-12-26(32-15-20)38-17-29(2,3)28(37)33-16-25(30)31/h4-15H,16-17H2,1-3H3,(H3,30,31)(H,33,37)(H,35,36). The summed E-state index contributed by atoms with van der Waals surface area (Å²) in [7, 11) is 0. The molecular formula is C29H30N6O3. The lowest BCUT2D eigenvalue weighted by Gasteiger charge is -2.23. The van der Waals surface area contributed by atoms with E-state index in [0.29, 0.717) is 17.0 Å². The molecule has 0 saturated carbocycles. The van der Waals surface area contributed by atoms with Gasteiger partial charge in [0.2, 0.25) is 11.8 Å². The number of amides is 2. The van der Waals surface area contributed by atoms with Crippen LogP contribution in [0.4, 0.5) is 5.69 Å². The summed E-state index contributed by atoms with van der Waals surface area (Å²) in [5.41, 5.74) is 8.96. The summed E-state index contributed by atoms with van der Waals surface area (Å²) in [5.74, 6) is -0.186. The van der Waals surface area contributed by atoms with Crippen LogP contribution in [0.2, 0.25) is 0 Å². The van der Waals surface area contributed by atoms with Gasteiger partial charge >= 0.3 is 0 Å². The number of hydrogen-bond acceptors (Lipinski definition) is 6. The van der Waals surface area contributed by atoms with Crippen LogP contribution in [-0.4, -0.2) is 40.8 Å². The number of nitrogens with two attached hydrogens (primary N) is 1. The van der Waals surface area contributed by atoms with Gasteiger partial charge in [-0.2, -0.15) is 0 Å². The van der Waals surface area contributed by atoms with Gasteiger partial charge in [-0.15, -0.1) is 0 Å². The Balaban J connectivity index is 1.49. The van der Waals surface area contributed by atoms with Crippen molar-refractivity contribution in [3.05, 3.63) is 84.2 Å². The zero-order valence-electron chi connectivity index (χ0n) is 21.5. The predicted molar refractivity (Wildman–Crippen MR) is 148 cm³/mol. The van der Waals surface area contributed by atoms with Gasteiger partial charge in [-0.1, -0.05) is 30.3 Å². The number of aromatic nitrogens is 2.